The summed E-state index contributed by atoms with van der Waals surface area (Å²) in [7, 11) is -3.65. The highest BCUT2D eigenvalue weighted by Gasteiger charge is 2.47. The standard InChI is InChI=1S/C16H19FN2O5S/c1-25(23,24)18-14-5-4-10(17)6-11(14)15(20)19-7-12(9-2-3-9)13(8-19)16(21)22/h4-6,9,12-13,18H,2-3,7-8H2,1H3,(H,21,22)/t12-,13+/m1/s1. The van der Waals surface area contributed by atoms with Crippen LogP contribution in [0.15, 0.2) is 18.2 Å². The van der Waals surface area contributed by atoms with Gasteiger partial charge in [-0.1, -0.05) is 0 Å². The molecule has 25 heavy (non-hydrogen) atoms. The second-order valence-electron chi connectivity index (χ2n) is 6.72. The normalized spacial score (nSPS) is 23.5. The largest absolute Gasteiger partial charge is 0.481 e. The first-order chi connectivity index (χ1) is 11.7. The van der Waals surface area contributed by atoms with Gasteiger partial charge in [-0.15, -0.1) is 0 Å². The van der Waals surface area contributed by atoms with Crippen LogP contribution in [0.2, 0.25) is 0 Å². The predicted molar refractivity (Wildman–Crippen MR) is 88.1 cm³/mol. The van der Waals surface area contributed by atoms with Crippen LogP contribution in [0.1, 0.15) is 23.2 Å². The van der Waals surface area contributed by atoms with E-state index in [1.165, 1.54) is 11.0 Å². The SMILES string of the molecule is CS(=O)(=O)Nc1ccc(F)cc1C(=O)N1C[C@H](C(=O)O)[C@@H](C2CC2)C1. The number of carboxylic acids is 1. The summed E-state index contributed by atoms with van der Waals surface area (Å²) >= 11 is 0. The molecule has 2 aliphatic rings. The summed E-state index contributed by atoms with van der Waals surface area (Å²) in [6, 6.07) is 3.21. The summed E-state index contributed by atoms with van der Waals surface area (Å²) in [5, 5.41) is 9.39. The number of hydrogen-bond donors (Lipinski definition) is 2. The van der Waals surface area contributed by atoms with Gasteiger partial charge in [0.25, 0.3) is 5.91 Å². The molecule has 7 nitrogen and oxygen atoms in total. The summed E-state index contributed by atoms with van der Waals surface area (Å²) in [4.78, 5) is 25.6. The molecule has 1 saturated heterocycles. The second-order valence-corrected chi connectivity index (χ2v) is 8.47. The first-order valence-electron chi connectivity index (χ1n) is 7.95. The lowest BCUT2D eigenvalue weighted by atomic mass is 9.92. The van der Waals surface area contributed by atoms with Gasteiger partial charge in [0.2, 0.25) is 10.0 Å². The number of carbonyl (C=O) groups excluding carboxylic acids is 1. The zero-order chi connectivity index (χ0) is 18.4. The molecule has 0 aromatic heterocycles. The lowest BCUT2D eigenvalue weighted by Gasteiger charge is -2.19. The number of nitrogens with zero attached hydrogens (tertiary/aromatic N) is 1. The maximum atomic E-state index is 13.6. The van der Waals surface area contributed by atoms with Gasteiger partial charge in [-0.3, -0.25) is 14.3 Å². The quantitative estimate of drug-likeness (QED) is 0.815. The molecule has 0 radical (unpaired) electrons. The van der Waals surface area contributed by atoms with Gasteiger partial charge in [-0.25, -0.2) is 12.8 Å². The van der Waals surface area contributed by atoms with Crippen molar-refractivity contribution in [1.29, 1.82) is 0 Å². The highest BCUT2D eigenvalue weighted by Crippen LogP contribution is 2.44. The molecule has 0 bridgehead atoms. The van der Waals surface area contributed by atoms with Crippen molar-refractivity contribution in [3.05, 3.63) is 29.6 Å². The van der Waals surface area contributed by atoms with Crippen molar-refractivity contribution in [3.63, 3.8) is 0 Å². The van der Waals surface area contributed by atoms with Crippen molar-refractivity contribution in [3.8, 4) is 0 Å². The molecule has 1 amide bonds. The molecule has 0 unspecified atom stereocenters. The predicted octanol–water partition coefficient (Wildman–Crippen LogP) is 1.38. The van der Waals surface area contributed by atoms with E-state index in [0.717, 1.165) is 31.2 Å². The van der Waals surface area contributed by atoms with E-state index in [-0.39, 0.29) is 30.3 Å². The lowest BCUT2D eigenvalue weighted by molar-refractivity contribution is -0.142. The van der Waals surface area contributed by atoms with Crippen LogP contribution in [0.5, 0.6) is 0 Å². The number of carboxylic acid groups (broad SMARTS) is 1. The highest BCUT2D eigenvalue weighted by atomic mass is 32.2. The molecular weight excluding hydrogens is 351 g/mol. The topological polar surface area (TPSA) is 104 Å². The molecule has 1 aliphatic carbocycles. The van der Waals surface area contributed by atoms with Crippen molar-refractivity contribution in [2.24, 2.45) is 17.8 Å². The fraction of sp³-hybridized carbons (Fsp3) is 0.500. The van der Waals surface area contributed by atoms with Gasteiger partial charge in [-0.2, -0.15) is 0 Å². The fourth-order valence-corrected chi connectivity index (χ4v) is 3.99. The summed E-state index contributed by atoms with van der Waals surface area (Å²) in [6.07, 6.45) is 2.85. The van der Waals surface area contributed by atoms with Gasteiger partial charge in [-0.05, 0) is 42.9 Å². The van der Waals surface area contributed by atoms with E-state index >= 15 is 0 Å². The maximum Gasteiger partial charge on any atom is 0.308 e. The monoisotopic (exact) mass is 370 g/mol. The number of nitrogens with one attached hydrogen (secondary N) is 1. The molecule has 136 valence electrons. The third kappa shape index (κ3) is 3.92. The Morgan fingerprint density at radius 2 is 1.96 bits per heavy atom. The number of amides is 1. The van der Waals surface area contributed by atoms with Gasteiger partial charge in [0.15, 0.2) is 0 Å². The smallest absolute Gasteiger partial charge is 0.308 e. The summed E-state index contributed by atoms with van der Waals surface area (Å²) < 4.78 is 38.7. The number of aliphatic carboxylic acids is 1. The Kier molecular flexibility index (Phi) is 4.44. The highest BCUT2D eigenvalue weighted by molar-refractivity contribution is 7.92. The third-order valence-electron chi connectivity index (χ3n) is 4.70. The Labute approximate surface area is 144 Å². The molecule has 9 heteroatoms. The van der Waals surface area contributed by atoms with E-state index in [0.29, 0.717) is 5.92 Å². The number of hydrogen-bond acceptors (Lipinski definition) is 4. The van der Waals surface area contributed by atoms with E-state index in [4.69, 9.17) is 0 Å². The zero-order valence-electron chi connectivity index (χ0n) is 13.6. The molecule has 2 atom stereocenters. The Hall–Kier alpha value is -2.16. The van der Waals surface area contributed by atoms with Crippen LogP contribution >= 0.6 is 0 Å². The molecule has 1 heterocycles. The van der Waals surface area contributed by atoms with Crippen molar-refractivity contribution >= 4 is 27.6 Å². The molecule has 2 N–H and O–H groups in total. The molecule has 3 rings (SSSR count). The second kappa shape index (κ2) is 6.29. The van der Waals surface area contributed by atoms with E-state index in [9.17, 15) is 27.5 Å². The average molecular weight is 370 g/mol. The molecular formula is C16H19FN2O5S. The zero-order valence-corrected chi connectivity index (χ0v) is 14.4. The van der Waals surface area contributed by atoms with Gasteiger partial charge in [0.1, 0.15) is 5.82 Å². The first-order valence-corrected chi connectivity index (χ1v) is 9.84. The number of likely N-dealkylation sites (tertiary alicyclic amines) is 1. The van der Waals surface area contributed by atoms with E-state index in [1.807, 2.05) is 0 Å². The van der Waals surface area contributed by atoms with Gasteiger partial charge >= 0.3 is 5.97 Å². The number of halogens is 1. The Morgan fingerprint density at radius 3 is 2.52 bits per heavy atom. The van der Waals surface area contributed by atoms with Crippen LogP contribution in [0.3, 0.4) is 0 Å². The minimum Gasteiger partial charge on any atom is -0.481 e. The third-order valence-corrected chi connectivity index (χ3v) is 5.30. The van der Waals surface area contributed by atoms with Gasteiger partial charge in [0, 0.05) is 13.1 Å². The van der Waals surface area contributed by atoms with Gasteiger partial charge < -0.3 is 10.0 Å². The molecule has 1 aromatic rings. The van der Waals surface area contributed by atoms with Crippen LogP contribution < -0.4 is 4.72 Å². The average Bonchev–Trinajstić information content (AvgIpc) is 3.25. The Balaban J connectivity index is 1.88. The molecule has 0 spiro atoms. The van der Waals surface area contributed by atoms with Crippen LogP contribution in [0, 0.1) is 23.6 Å². The summed E-state index contributed by atoms with van der Waals surface area (Å²) in [5.41, 5.74) is -0.137. The molecule has 1 saturated carbocycles. The Bertz CT molecular complexity index is 822. The lowest BCUT2D eigenvalue weighted by Crippen LogP contribution is -2.31. The minimum atomic E-state index is -3.65. The minimum absolute atomic E-state index is 0.0179. The van der Waals surface area contributed by atoms with E-state index in [2.05, 4.69) is 4.72 Å². The van der Waals surface area contributed by atoms with Crippen LogP contribution in [-0.2, 0) is 14.8 Å². The fourth-order valence-electron chi connectivity index (χ4n) is 3.41. The van der Waals surface area contributed by atoms with Crippen LogP contribution in [-0.4, -0.2) is 49.6 Å². The summed E-state index contributed by atoms with van der Waals surface area (Å²) in [5.74, 6) is -2.63. The van der Waals surface area contributed by atoms with Crippen molar-refractivity contribution in [1.82, 2.24) is 4.90 Å². The van der Waals surface area contributed by atoms with Crippen molar-refractivity contribution in [2.75, 3.05) is 24.1 Å². The number of benzene rings is 1. The molecule has 1 aromatic carbocycles. The first kappa shape index (κ1) is 17.7. The number of carbonyl (C=O) groups is 2. The number of anilines is 1. The summed E-state index contributed by atoms with van der Waals surface area (Å²) in [6.45, 7) is 0.333. The molecule has 1 aliphatic heterocycles. The number of sulfonamides is 1. The Morgan fingerprint density at radius 1 is 1.28 bits per heavy atom. The van der Waals surface area contributed by atoms with E-state index < -0.39 is 33.6 Å². The maximum absolute atomic E-state index is 13.6. The van der Waals surface area contributed by atoms with E-state index in [1.54, 1.807) is 0 Å². The molecule has 2 fully saturated rings. The van der Waals surface area contributed by atoms with Crippen molar-refractivity contribution in [2.45, 2.75) is 12.8 Å². The van der Waals surface area contributed by atoms with Gasteiger partial charge in [0.05, 0.1) is 23.4 Å². The van der Waals surface area contributed by atoms with Crippen LogP contribution in [0.25, 0.3) is 0 Å². The number of rotatable bonds is 5. The van der Waals surface area contributed by atoms with Crippen LogP contribution in [0.4, 0.5) is 10.1 Å². The van der Waals surface area contributed by atoms with Crippen molar-refractivity contribution < 1.29 is 27.5 Å².